The summed E-state index contributed by atoms with van der Waals surface area (Å²) in [5.41, 5.74) is 6.10. The zero-order valence-corrected chi connectivity index (χ0v) is 23.9. The number of nitrogens with zero attached hydrogens (tertiary/aromatic N) is 4. The van der Waals surface area contributed by atoms with Crippen molar-refractivity contribution in [3.63, 3.8) is 0 Å². The Bertz CT molecular complexity index is 1820. The van der Waals surface area contributed by atoms with Crippen LogP contribution in [0, 0.1) is 13.8 Å². The van der Waals surface area contributed by atoms with Crippen molar-refractivity contribution in [2.24, 2.45) is 0 Å². The van der Waals surface area contributed by atoms with Gasteiger partial charge in [0.05, 0.1) is 27.3 Å². The predicted octanol–water partition coefficient (Wildman–Crippen LogP) is 6.30. The number of aryl methyl sites for hydroxylation is 3. The Morgan fingerprint density at radius 1 is 1.00 bits per heavy atom. The van der Waals surface area contributed by atoms with Crippen LogP contribution in [-0.2, 0) is 23.0 Å². The minimum Gasteiger partial charge on any atom is -0.279 e. The highest BCUT2D eigenvalue weighted by Gasteiger charge is 2.29. The van der Waals surface area contributed by atoms with Crippen molar-refractivity contribution in [1.82, 2.24) is 9.97 Å². The quantitative estimate of drug-likeness (QED) is 0.240. The minimum absolute atomic E-state index is 0.158. The first-order valence-electron chi connectivity index (χ1n) is 13.1. The van der Waals surface area contributed by atoms with Gasteiger partial charge in [-0.2, -0.15) is 0 Å². The number of benzene rings is 3. The van der Waals surface area contributed by atoms with Crippen LogP contribution in [0.2, 0.25) is 0 Å². The molecule has 0 fully saturated rings. The van der Waals surface area contributed by atoms with Gasteiger partial charge in [-0.15, -0.1) is 0 Å². The number of anilines is 2. The molecule has 0 unspecified atom stereocenters. The summed E-state index contributed by atoms with van der Waals surface area (Å²) in [4.78, 5) is 24.8. The molecule has 5 aromatic rings. The molecule has 0 saturated carbocycles. The van der Waals surface area contributed by atoms with Gasteiger partial charge in [-0.05, 0) is 91.4 Å². The summed E-state index contributed by atoms with van der Waals surface area (Å²) in [5, 5.41) is 0.583. The molecule has 1 aliphatic heterocycles. The predicted molar refractivity (Wildman–Crippen MR) is 160 cm³/mol. The maximum atomic E-state index is 13.9. The molecule has 0 saturated heterocycles. The van der Waals surface area contributed by atoms with E-state index in [1.54, 1.807) is 29.4 Å². The molecule has 7 nitrogen and oxygen atoms in total. The molecule has 40 heavy (non-hydrogen) atoms. The first-order valence-corrected chi connectivity index (χ1v) is 15.4. The number of rotatable bonds is 6. The molecule has 6 rings (SSSR count). The number of carbonyl (C=O) groups is 1. The highest BCUT2D eigenvalue weighted by atomic mass is 32.2. The van der Waals surface area contributed by atoms with Gasteiger partial charge in [0.25, 0.3) is 15.9 Å². The van der Waals surface area contributed by atoms with Crippen LogP contribution in [0.1, 0.15) is 39.0 Å². The maximum Gasteiger partial charge on any atom is 0.264 e. The van der Waals surface area contributed by atoms with Crippen LogP contribution in [0.15, 0.2) is 90.1 Å². The van der Waals surface area contributed by atoms with E-state index >= 15 is 0 Å². The molecule has 9 heteroatoms. The highest BCUT2D eigenvalue weighted by Crippen LogP contribution is 2.34. The summed E-state index contributed by atoms with van der Waals surface area (Å²) in [7, 11) is -3.78. The van der Waals surface area contributed by atoms with Crippen molar-refractivity contribution in [3.8, 4) is 0 Å². The summed E-state index contributed by atoms with van der Waals surface area (Å²) in [6.07, 6.45) is 5.04. The number of sulfonamides is 1. The maximum absolute atomic E-state index is 13.9. The van der Waals surface area contributed by atoms with E-state index in [4.69, 9.17) is 4.98 Å². The van der Waals surface area contributed by atoms with Gasteiger partial charge < -0.3 is 0 Å². The number of aromatic nitrogens is 2. The van der Waals surface area contributed by atoms with Gasteiger partial charge in [0.2, 0.25) is 0 Å². The van der Waals surface area contributed by atoms with Crippen LogP contribution < -0.4 is 9.21 Å². The van der Waals surface area contributed by atoms with E-state index < -0.39 is 10.0 Å². The van der Waals surface area contributed by atoms with Crippen molar-refractivity contribution in [1.29, 1.82) is 0 Å². The Balaban J connectivity index is 1.34. The van der Waals surface area contributed by atoms with Crippen molar-refractivity contribution >= 4 is 48.3 Å². The number of hydrogen-bond donors (Lipinski definition) is 0. The van der Waals surface area contributed by atoms with Gasteiger partial charge in [0.15, 0.2) is 5.13 Å². The molecule has 0 radical (unpaired) electrons. The fourth-order valence-corrected chi connectivity index (χ4v) is 7.60. The number of para-hydroxylation sites is 1. The van der Waals surface area contributed by atoms with Crippen molar-refractivity contribution < 1.29 is 13.2 Å². The first kappa shape index (κ1) is 26.2. The van der Waals surface area contributed by atoms with Crippen molar-refractivity contribution in [2.75, 3.05) is 15.7 Å². The molecule has 1 amide bonds. The smallest absolute Gasteiger partial charge is 0.264 e. The monoisotopic (exact) mass is 568 g/mol. The number of hydrogen-bond acceptors (Lipinski definition) is 6. The summed E-state index contributed by atoms with van der Waals surface area (Å²) < 4.78 is 29.7. The fraction of sp³-hybridized carbons (Fsp3) is 0.194. The van der Waals surface area contributed by atoms with Gasteiger partial charge in [-0.25, -0.2) is 13.4 Å². The van der Waals surface area contributed by atoms with Gasteiger partial charge in [-0.1, -0.05) is 41.7 Å². The highest BCUT2D eigenvalue weighted by molar-refractivity contribution is 7.92. The Kier molecular flexibility index (Phi) is 6.85. The summed E-state index contributed by atoms with van der Waals surface area (Å²) in [5.74, 6) is -0.260. The largest absolute Gasteiger partial charge is 0.279 e. The van der Waals surface area contributed by atoms with E-state index in [-0.39, 0.29) is 17.3 Å². The Morgan fingerprint density at radius 2 is 1.80 bits per heavy atom. The van der Waals surface area contributed by atoms with E-state index in [0.717, 1.165) is 51.0 Å². The molecule has 3 aromatic carbocycles. The molecule has 0 atom stereocenters. The number of pyridine rings is 1. The molecule has 1 aliphatic rings. The van der Waals surface area contributed by atoms with Crippen LogP contribution in [0.5, 0.6) is 0 Å². The molecule has 3 heterocycles. The fourth-order valence-electron chi connectivity index (χ4n) is 5.03. The lowest BCUT2D eigenvalue weighted by atomic mass is 10.0. The van der Waals surface area contributed by atoms with E-state index in [1.165, 1.54) is 27.8 Å². The molecular weight excluding hydrogens is 541 g/mol. The van der Waals surface area contributed by atoms with Gasteiger partial charge in [-0.3, -0.25) is 19.0 Å². The van der Waals surface area contributed by atoms with E-state index in [1.807, 2.05) is 56.3 Å². The SMILES string of the molecule is Cc1ccc2sc(N(Cc3cccnc3)C(=O)c3ccc(S(=O)(=O)N4CCCc5ccccc54)cc3)nc2c1C. The third kappa shape index (κ3) is 4.76. The third-order valence-corrected chi connectivity index (χ3v) is 10.2. The summed E-state index contributed by atoms with van der Waals surface area (Å²) in [6, 6.07) is 21.7. The lowest BCUT2D eigenvalue weighted by molar-refractivity contribution is 0.0985. The van der Waals surface area contributed by atoms with Crippen LogP contribution in [-0.4, -0.2) is 30.8 Å². The molecule has 0 spiro atoms. The number of amides is 1. The Labute approximate surface area is 237 Å². The molecular formula is C31H28N4O3S2. The van der Waals surface area contributed by atoms with E-state index in [0.29, 0.717) is 17.2 Å². The van der Waals surface area contributed by atoms with Crippen molar-refractivity contribution in [3.05, 3.63) is 113 Å². The average Bonchev–Trinajstić information content (AvgIpc) is 3.42. The van der Waals surface area contributed by atoms with Crippen LogP contribution in [0.3, 0.4) is 0 Å². The second-order valence-corrected chi connectivity index (χ2v) is 12.8. The third-order valence-electron chi connectivity index (χ3n) is 7.37. The van der Waals surface area contributed by atoms with Gasteiger partial charge in [0.1, 0.15) is 0 Å². The Morgan fingerprint density at radius 3 is 2.58 bits per heavy atom. The Hall–Kier alpha value is -4.08. The van der Waals surface area contributed by atoms with Crippen LogP contribution in [0.25, 0.3) is 10.2 Å². The summed E-state index contributed by atoms with van der Waals surface area (Å²) >= 11 is 1.46. The zero-order valence-electron chi connectivity index (χ0n) is 22.2. The summed E-state index contributed by atoms with van der Waals surface area (Å²) in [6.45, 7) is 4.79. The molecule has 0 aliphatic carbocycles. The minimum atomic E-state index is -3.78. The normalized spacial score (nSPS) is 13.3. The van der Waals surface area contributed by atoms with Crippen LogP contribution in [0.4, 0.5) is 10.8 Å². The van der Waals surface area contributed by atoms with E-state index in [2.05, 4.69) is 11.1 Å². The number of carbonyl (C=O) groups excluding carboxylic acids is 1. The second kappa shape index (κ2) is 10.5. The topological polar surface area (TPSA) is 83.5 Å². The molecule has 202 valence electrons. The second-order valence-electron chi connectivity index (χ2n) is 9.94. The lowest BCUT2D eigenvalue weighted by Crippen LogP contribution is -2.35. The lowest BCUT2D eigenvalue weighted by Gasteiger charge is -2.30. The standard InChI is InChI=1S/C31H28N4O3S2/c1-21-11-16-28-29(22(21)2)33-31(39-28)34(20-23-7-5-17-32-19-23)30(36)25-12-14-26(15-13-25)40(37,38)35-18-6-9-24-8-3-4-10-27(24)35/h3-5,7-8,10-17,19H,6,9,18,20H2,1-2H3. The van der Waals surface area contributed by atoms with Crippen molar-refractivity contribution in [2.45, 2.75) is 38.1 Å². The molecule has 0 bridgehead atoms. The average molecular weight is 569 g/mol. The van der Waals surface area contributed by atoms with Gasteiger partial charge >= 0.3 is 0 Å². The van der Waals surface area contributed by atoms with Gasteiger partial charge in [0, 0.05) is 24.5 Å². The number of fused-ring (bicyclic) bond motifs is 2. The zero-order chi connectivity index (χ0) is 27.9. The first-order chi connectivity index (χ1) is 19.3. The molecule has 2 aromatic heterocycles. The van der Waals surface area contributed by atoms with E-state index in [9.17, 15) is 13.2 Å². The van der Waals surface area contributed by atoms with Crippen LogP contribution >= 0.6 is 11.3 Å². The molecule has 0 N–H and O–H groups in total. The number of thiazole rings is 1.